The Hall–Kier alpha value is -1.13. The SMILES string of the molecule is Cc1ccc(NC(=S)NCCN(C)C)cc1. The maximum atomic E-state index is 5.18. The fourth-order valence-electron chi connectivity index (χ4n) is 1.21. The summed E-state index contributed by atoms with van der Waals surface area (Å²) < 4.78 is 0. The van der Waals surface area contributed by atoms with Gasteiger partial charge in [0, 0.05) is 18.8 Å². The smallest absolute Gasteiger partial charge is 0.170 e. The summed E-state index contributed by atoms with van der Waals surface area (Å²) in [6.45, 7) is 3.89. The third kappa shape index (κ3) is 5.09. The molecule has 0 atom stereocenters. The van der Waals surface area contributed by atoms with E-state index >= 15 is 0 Å². The van der Waals surface area contributed by atoms with E-state index in [-0.39, 0.29) is 0 Å². The Balaban J connectivity index is 2.31. The van der Waals surface area contributed by atoms with Crippen LogP contribution in [0.2, 0.25) is 0 Å². The molecule has 0 aliphatic heterocycles. The number of anilines is 1. The highest BCUT2D eigenvalue weighted by atomic mass is 32.1. The van der Waals surface area contributed by atoms with E-state index < -0.39 is 0 Å². The first-order chi connectivity index (χ1) is 7.58. The molecule has 0 unspecified atom stereocenters. The minimum atomic E-state index is 0.672. The zero-order valence-corrected chi connectivity index (χ0v) is 10.9. The third-order valence-corrected chi connectivity index (χ3v) is 2.40. The molecule has 0 saturated heterocycles. The molecule has 0 radical (unpaired) electrons. The molecule has 1 aromatic carbocycles. The maximum absolute atomic E-state index is 5.18. The molecular weight excluding hydrogens is 218 g/mol. The molecule has 0 aliphatic rings. The van der Waals surface area contributed by atoms with Crippen LogP contribution in [-0.2, 0) is 0 Å². The molecule has 0 saturated carbocycles. The van der Waals surface area contributed by atoms with Gasteiger partial charge in [0.05, 0.1) is 0 Å². The highest BCUT2D eigenvalue weighted by Crippen LogP contribution is 2.07. The number of likely N-dealkylation sites (N-methyl/N-ethyl adjacent to an activating group) is 1. The summed E-state index contributed by atoms with van der Waals surface area (Å²) in [6, 6.07) is 8.17. The third-order valence-electron chi connectivity index (χ3n) is 2.15. The summed E-state index contributed by atoms with van der Waals surface area (Å²) in [6.07, 6.45) is 0. The zero-order chi connectivity index (χ0) is 12.0. The van der Waals surface area contributed by atoms with E-state index in [4.69, 9.17) is 12.2 Å². The average molecular weight is 237 g/mol. The minimum Gasteiger partial charge on any atom is -0.361 e. The van der Waals surface area contributed by atoms with Gasteiger partial charge in [-0.3, -0.25) is 0 Å². The van der Waals surface area contributed by atoms with Crippen LogP contribution < -0.4 is 10.6 Å². The Morgan fingerprint density at radius 2 is 1.88 bits per heavy atom. The van der Waals surface area contributed by atoms with Crippen molar-refractivity contribution in [1.82, 2.24) is 10.2 Å². The second kappa shape index (κ2) is 6.45. The summed E-state index contributed by atoms with van der Waals surface area (Å²) in [5, 5.41) is 6.97. The number of nitrogens with one attached hydrogen (secondary N) is 2. The lowest BCUT2D eigenvalue weighted by molar-refractivity contribution is 0.413. The van der Waals surface area contributed by atoms with Crippen molar-refractivity contribution < 1.29 is 0 Å². The molecule has 1 rings (SSSR count). The lowest BCUT2D eigenvalue weighted by Crippen LogP contribution is -2.34. The van der Waals surface area contributed by atoms with Crippen molar-refractivity contribution in [2.24, 2.45) is 0 Å². The lowest BCUT2D eigenvalue weighted by Gasteiger charge is -2.13. The quantitative estimate of drug-likeness (QED) is 0.782. The van der Waals surface area contributed by atoms with E-state index in [1.807, 2.05) is 26.2 Å². The van der Waals surface area contributed by atoms with Crippen LogP contribution >= 0.6 is 12.2 Å². The molecule has 0 aromatic heterocycles. The molecule has 16 heavy (non-hydrogen) atoms. The van der Waals surface area contributed by atoms with Gasteiger partial charge < -0.3 is 15.5 Å². The van der Waals surface area contributed by atoms with Crippen LogP contribution in [0.5, 0.6) is 0 Å². The van der Waals surface area contributed by atoms with Gasteiger partial charge >= 0.3 is 0 Å². The van der Waals surface area contributed by atoms with Crippen LogP contribution in [0.25, 0.3) is 0 Å². The zero-order valence-electron chi connectivity index (χ0n) is 10.1. The standard InChI is InChI=1S/C12H19N3S/c1-10-4-6-11(7-5-10)14-12(16)13-8-9-15(2)3/h4-7H,8-9H2,1-3H3,(H2,13,14,16). The van der Waals surface area contributed by atoms with Gasteiger partial charge in [0.25, 0.3) is 0 Å². The van der Waals surface area contributed by atoms with Crippen LogP contribution in [-0.4, -0.2) is 37.2 Å². The molecule has 0 aliphatic carbocycles. The number of nitrogens with zero attached hydrogens (tertiary/aromatic N) is 1. The molecular formula is C12H19N3S. The first-order valence-corrected chi connectivity index (χ1v) is 5.75. The van der Waals surface area contributed by atoms with E-state index in [0.29, 0.717) is 5.11 Å². The van der Waals surface area contributed by atoms with Gasteiger partial charge in [0.1, 0.15) is 0 Å². The Morgan fingerprint density at radius 3 is 2.44 bits per heavy atom. The van der Waals surface area contributed by atoms with Crippen molar-refractivity contribution in [2.75, 3.05) is 32.5 Å². The average Bonchev–Trinajstić information content (AvgIpc) is 2.21. The largest absolute Gasteiger partial charge is 0.361 e. The van der Waals surface area contributed by atoms with Gasteiger partial charge in [-0.25, -0.2) is 0 Å². The van der Waals surface area contributed by atoms with E-state index in [2.05, 4.69) is 34.6 Å². The molecule has 0 spiro atoms. The van der Waals surface area contributed by atoms with Crippen LogP contribution in [0.1, 0.15) is 5.56 Å². The molecule has 1 aromatic rings. The van der Waals surface area contributed by atoms with Crippen LogP contribution in [0.4, 0.5) is 5.69 Å². The minimum absolute atomic E-state index is 0.672. The van der Waals surface area contributed by atoms with Gasteiger partial charge in [-0.05, 0) is 45.4 Å². The van der Waals surface area contributed by atoms with Gasteiger partial charge in [0.2, 0.25) is 0 Å². The van der Waals surface area contributed by atoms with Crippen LogP contribution in [0.3, 0.4) is 0 Å². The molecule has 2 N–H and O–H groups in total. The summed E-state index contributed by atoms with van der Waals surface area (Å²) in [5.41, 5.74) is 2.27. The number of rotatable bonds is 4. The highest BCUT2D eigenvalue weighted by molar-refractivity contribution is 7.80. The number of benzene rings is 1. The van der Waals surface area contributed by atoms with E-state index in [1.165, 1.54) is 5.56 Å². The molecule has 0 fully saturated rings. The molecule has 0 heterocycles. The topological polar surface area (TPSA) is 27.3 Å². The molecule has 0 bridgehead atoms. The Kier molecular flexibility index (Phi) is 5.22. The summed E-state index contributed by atoms with van der Waals surface area (Å²) in [5.74, 6) is 0. The van der Waals surface area contributed by atoms with Crippen molar-refractivity contribution in [3.8, 4) is 0 Å². The van der Waals surface area contributed by atoms with Crippen LogP contribution in [0, 0.1) is 6.92 Å². The fourth-order valence-corrected chi connectivity index (χ4v) is 1.43. The molecule has 4 heteroatoms. The Morgan fingerprint density at radius 1 is 1.25 bits per heavy atom. The van der Waals surface area contributed by atoms with Crippen molar-refractivity contribution >= 4 is 23.0 Å². The van der Waals surface area contributed by atoms with E-state index in [9.17, 15) is 0 Å². The van der Waals surface area contributed by atoms with Gasteiger partial charge in [-0.15, -0.1) is 0 Å². The second-order valence-electron chi connectivity index (χ2n) is 4.05. The van der Waals surface area contributed by atoms with Crippen molar-refractivity contribution in [2.45, 2.75) is 6.92 Å². The lowest BCUT2D eigenvalue weighted by atomic mass is 10.2. The summed E-state index contributed by atoms with van der Waals surface area (Å²) in [4.78, 5) is 2.11. The highest BCUT2D eigenvalue weighted by Gasteiger charge is 1.97. The fraction of sp³-hybridized carbons (Fsp3) is 0.417. The predicted octanol–water partition coefficient (Wildman–Crippen LogP) is 1.84. The monoisotopic (exact) mass is 237 g/mol. The maximum Gasteiger partial charge on any atom is 0.170 e. The van der Waals surface area contributed by atoms with E-state index in [1.54, 1.807) is 0 Å². The van der Waals surface area contributed by atoms with Crippen molar-refractivity contribution in [3.05, 3.63) is 29.8 Å². The first-order valence-electron chi connectivity index (χ1n) is 5.34. The van der Waals surface area contributed by atoms with Gasteiger partial charge in [0.15, 0.2) is 5.11 Å². The number of hydrogen-bond donors (Lipinski definition) is 2. The molecule has 0 amide bonds. The summed E-state index contributed by atoms with van der Waals surface area (Å²) in [7, 11) is 4.08. The Bertz CT molecular complexity index is 333. The number of aryl methyl sites for hydroxylation is 1. The van der Waals surface area contributed by atoms with Crippen molar-refractivity contribution in [3.63, 3.8) is 0 Å². The first kappa shape index (κ1) is 12.9. The van der Waals surface area contributed by atoms with Gasteiger partial charge in [-0.2, -0.15) is 0 Å². The summed E-state index contributed by atoms with van der Waals surface area (Å²) >= 11 is 5.18. The predicted molar refractivity (Wildman–Crippen MR) is 74.0 cm³/mol. The molecule has 88 valence electrons. The van der Waals surface area contributed by atoms with Crippen LogP contribution in [0.15, 0.2) is 24.3 Å². The normalized spacial score (nSPS) is 10.2. The van der Waals surface area contributed by atoms with E-state index in [0.717, 1.165) is 18.8 Å². The number of hydrogen-bond acceptors (Lipinski definition) is 2. The number of thiocarbonyl (C=S) groups is 1. The van der Waals surface area contributed by atoms with Crippen molar-refractivity contribution in [1.29, 1.82) is 0 Å². The van der Waals surface area contributed by atoms with Gasteiger partial charge in [-0.1, -0.05) is 17.7 Å². The molecule has 3 nitrogen and oxygen atoms in total. The second-order valence-corrected chi connectivity index (χ2v) is 4.46. The Labute approximate surface area is 103 Å².